The molecule has 4 rings (SSSR count). The first-order valence-corrected chi connectivity index (χ1v) is 14.4. The van der Waals surface area contributed by atoms with Gasteiger partial charge in [0.25, 0.3) is 0 Å². The highest BCUT2D eigenvalue weighted by Crippen LogP contribution is 2.36. The lowest BCUT2D eigenvalue weighted by atomic mass is 9.80. The second-order valence-corrected chi connectivity index (χ2v) is 11.1. The van der Waals surface area contributed by atoms with Crippen molar-refractivity contribution in [3.05, 3.63) is 58.1 Å². The van der Waals surface area contributed by atoms with Crippen LogP contribution in [0.3, 0.4) is 0 Å². The number of hydrogen-bond donors (Lipinski definition) is 1. The van der Waals surface area contributed by atoms with Gasteiger partial charge in [0, 0.05) is 32.1 Å². The number of hydrogen-bond acceptors (Lipinski definition) is 5. The minimum absolute atomic E-state index is 0.0509. The maximum Gasteiger partial charge on any atom is 0.327 e. The molecule has 1 N–H and O–H groups in total. The van der Waals surface area contributed by atoms with Crippen LogP contribution in [-0.4, -0.2) is 61.0 Å². The fourth-order valence-corrected chi connectivity index (χ4v) is 6.25. The fraction of sp³-hybridized carbons (Fsp3) is 0.531. The Morgan fingerprint density at radius 3 is 2.38 bits per heavy atom. The van der Waals surface area contributed by atoms with Crippen molar-refractivity contribution < 1.29 is 23.9 Å². The van der Waals surface area contributed by atoms with E-state index < -0.39 is 0 Å². The molecule has 1 aliphatic heterocycles. The molecule has 8 heteroatoms. The van der Waals surface area contributed by atoms with Gasteiger partial charge in [0.05, 0.1) is 20.1 Å². The predicted molar refractivity (Wildman–Crippen MR) is 155 cm³/mol. The monoisotopic (exact) mass is 549 g/mol. The predicted octanol–water partition coefficient (Wildman–Crippen LogP) is 5.09. The van der Waals surface area contributed by atoms with Gasteiger partial charge in [0.1, 0.15) is 0 Å². The normalized spacial score (nSPS) is 18.9. The average molecular weight is 550 g/mol. The summed E-state index contributed by atoms with van der Waals surface area (Å²) in [6.07, 6.45) is 5.07. The number of ether oxygens (including phenoxy) is 2. The van der Waals surface area contributed by atoms with Crippen LogP contribution in [0.25, 0.3) is 0 Å². The summed E-state index contributed by atoms with van der Waals surface area (Å²) in [5.74, 6) is 1.00. The molecule has 8 nitrogen and oxygen atoms in total. The van der Waals surface area contributed by atoms with Gasteiger partial charge in [-0.05, 0) is 80.8 Å². The Morgan fingerprint density at radius 2 is 1.68 bits per heavy atom. The molecule has 0 spiro atoms. The number of nitrogens with one attached hydrogen (secondary N) is 1. The zero-order valence-electron chi connectivity index (χ0n) is 24.5. The van der Waals surface area contributed by atoms with E-state index in [0.29, 0.717) is 37.4 Å². The Labute approximate surface area is 238 Å². The molecule has 2 atom stereocenters. The first-order chi connectivity index (χ1) is 19.2. The molecule has 2 aromatic carbocycles. The molecule has 2 aliphatic rings. The molecular weight excluding hydrogens is 506 g/mol. The summed E-state index contributed by atoms with van der Waals surface area (Å²) in [6.45, 7) is 7.52. The van der Waals surface area contributed by atoms with Crippen LogP contribution in [-0.2, 0) is 22.6 Å². The molecule has 40 heavy (non-hydrogen) atoms. The molecule has 216 valence electrons. The minimum atomic E-state index is -0.221. The number of amides is 4. The van der Waals surface area contributed by atoms with E-state index in [1.165, 1.54) is 21.6 Å². The Kier molecular flexibility index (Phi) is 9.71. The third-order valence-electron chi connectivity index (χ3n) is 8.33. The first-order valence-electron chi connectivity index (χ1n) is 14.4. The van der Waals surface area contributed by atoms with Gasteiger partial charge in [-0.25, -0.2) is 4.79 Å². The zero-order chi connectivity index (χ0) is 28.8. The maximum absolute atomic E-state index is 13.7. The average Bonchev–Trinajstić information content (AvgIpc) is 2.93. The smallest absolute Gasteiger partial charge is 0.327 e. The number of carbonyl (C=O) groups is 3. The first kappa shape index (κ1) is 29.4. The molecular formula is C32H43N3O5. The van der Waals surface area contributed by atoms with Crippen LogP contribution in [0, 0.1) is 26.7 Å². The summed E-state index contributed by atoms with van der Waals surface area (Å²) < 4.78 is 10.6. The van der Waals surface area contributed by atoms with E-state index in [-0.39, 0.29) is 42.8 Å². The molecule has 0 aromatic heterocycles. The van der Waals surface area contributed by atoms with Crippen LogP contribution in [0.4, 0.5) is 4.79 Å². The quantitative estimate of drug-likeness (QED) is 0.422. The highest BCUT2D eigenvalue weighted by atomic mass is 16.5. The van der Waals surface area contributed by atoms with Gasteiger partial charge in [-0.3, -0.25) is 14.5 Å². The molecule has 1 saturated carbocycles. The van der Waals surface area contributed by atoms with Crippen molar-refractivity contribution in [3.63, 3.8) is 0 Å². The van der Waals surface area contributed by atoms with Gasteiger partial charge in [-0.15, -0.1) is 0 Å². The Hall–Kier alpha value is -3.55. The lowest BCUT2D eigenvalue weighted by Crippen LogP contribution is -2.62. The zero-order valence-corrected chi connectivity index (χ0v) is 24.5. The number of rotatable bonds is 11. The van der Waals surface area contributed by atoms with E-state index >= 15 is 0 Å². The Balaban J connectivity index is 1.34. The molecule has 2 unspecified atom stereocenters. The second-order valence-electron chi connectivity index (χ2n) is 11.1. The SMILES string of the molecule is COc1ccc(CCNC(=O)CCCN2C(=O)C3CCCCC3N(Cc3c(C)cc(C)cc3C)C2=O)cc1OC. The van der Waals surface area contributed by atoms with Crippen molar-refractivity contribution in [3.8, 4) is 11.5 Å². The van der Waals surface area contributed by atoms with Crippen molar-refractivity contribution in [2.24, 2.45) is 5.92 Å². The number of imide groups is 1. The van der Waals surface area contributed by atoms with E-state index in [0.717, 1.165) is 36.8 Å². The third kappa shape index (κ3) is 6.60. The Bertz CT molecular complexity index is 1220. The summed E-state index contributed by atoms with van der Waals surface area (Å²) >= 11 is 0. The van der Waals surface area contributed by atoms with Crippen LogP contribution in [0.15, 0.2) is 30.3 Å². The number of urea groups is 1. The van der Waals surface area contributed by atoms with E-state index in [1.807, 2.05) is 23.1 Å². The number of fused-ring (bicyclic) bond motifs is 1. The van der Waals surface area contributed by atoms with Crippen LogP contribution in [0.5, 0.6) is 11.5 Å². The van der Waals surface area contributed by atoms with Crippen molar-refractivity contribution in [1.82, 2.24) is 15.1 Å². The van der Waals surface area contributed by atoms with E-state index in [1.54, 1.807) is 14.2 Å². The molecule has 4 amide bonds. The topological polar surface area (TPSA) is 88.2 Å². The van der Waals surface area contributed by atoms with Crippen LogP contribution >= 0.6 is 0 Å². The van der Waals surface area contributed by atoms with Gasteiger partial charge in [0.15, 0.2) is 11.5 Å². The van der Waals surface area contributed by atoms with Gasteiger partial charge in [-0.2, -0.15) is 0 Å². The molecule has 0 radical (unpaired) electrons. The van der Waals surface area contributed by atoms with Crippen LogP contribution in [0.1, 0.15) is 66.3 Å². The second kappa shape index (κ2) is 13.2. The lowest BCUT2D eigenvalue weighted by Gasteiger charge is -2.47. The van der Waals surface area contributed by atoms with Crippen molar-refractivity contribution in [1.29, 1.82) is 0 Å². The lowest BCUT2D eigenvalue weighted by molar-refractivity contribution is -0.141. The summed E-state index contributed by atoms with van der Waals surface area (Å²) in [6, 6.07) is 9.74. The van der Waals surface area contributed by atoms with Crippen molar-refractivity contribution in [2.45, 2.75) is 78.3 Å². The third-order valence-corrected chi connectivity index (χ3v) is 8.33. The molecule has 1 saturated heterocycles. The summed E-state index contributed by atoms with van der Waals surface area (Å²) in [5.41, 5.74) is 5.74. The largest absolute Gasteiger partial charge is 0.493 e. The van der Waals surface area contributed by atoms with Crippen molar-refractivity contribution >= 4 is 17.8 Å². The van der Waals surface area contributed by atoms with E-state index in [4.69, 9.17) is 9.47 Å². The number of aryl methyl sites for hydroxylation is 3. The number of nitrogens with zero attached hydrogens (tertiary/aromatic N) is 2. The molecule has 0 bridgehead atoms. The molecule has 2 fully saturated rings. The van der Waals surface area contributed by atoms with E-state index in [9.17, 15) is 14.4 Å². The number of benzene rings is 2. The van der Waals surface area contributed by atoms with Gasteiger partial charge in [0.2, 0.25) is 11.8 Å². The van der Waals surface area contributed by atoms with Gasteiger partial charge in [-0.1, -0.05) is 36.6 Å². The summed E-state index contributed by atoms with van der Waals surface area (Å²) in [4.78, 5) is 43.0. The standard InChI is InChI=1S/C32H43N3O5/c1-21-17-22(2)26(23(3)18-21)20-35-27-10-7-6-9-25(27)31(37)34(32(35)38)16-8-11-30(36)33-15-14-24-12-13-28(39-4)29(19-24)40-5/h12-13,17-19,25,27H,6-11,14-16,20H2,1-5H3,(H,33,36). The van der Waals surface area contributed by atoms with E-state index in [2.05, 4.69) is 38.2 Å². The number of methoxy groups -OCH3 is 2. The van der Waals surface area contributed by atoms with Crippen LogP contribution in [0.2, 0.25) is 0 Å². The van der Waals surface area contributed by atoms with Crippen LogP contribution < -0.4 is 14.8 Å². The number of carbonyl (C=O) groups excluding carboxylic acids is 3. The Morgan fingerprint density at radius 1 is 0.975 bits per heavy atom. The minimum Gasteiger partial charge on any atom is -0.493 e. The highest BCUT2D eigenvalue weighted by Gasteiger charge is 2.46. The fourth-order valence-electron chi connectivity index (χ4n) is 6.25. The van der Waals surface area contributed by atoms with Crippen molar-refractivity contribution in [2.75, 3.05) is 27.3 Å². The maximum atomic E-state index is 13.7. The molecule has 1 aliphatic carbocycles. The van der Waals surface area contributed by atoms with Gasteiger partial charge < -0.3 is 19.7 Å². The molecule has 2 aromatic rings. The van der Waals surface area contributed by atoms with Gasteiger partial charge >= 0.3 is 6.03 Å². The summed E-state index contributed by atoms with van der Waals surface area (Å²) in [5, 5.41) is 2.95. The summed E-state index contributed by atoms with van der Waals surface area (Å²) in [7, 11) is 3.19. The highest BCUT2D eigenvalue weighted by molar-refractivity contribution is 5.98. The molecule has 1 heterocycles.